The van der Waals surface area contributed by atoms with Gasteiger partial charge >= 0.3 is 0 Å². The molecule has 16 heavy (non-hydrogen) atoms. The minimum absolute atomic E-state index is 0.0545. The van der Waals surface area contributed by atoms with Crippen LogP contribution in [0.15, 0.2) is 0 Å². The van der Waals surface area contributed by atoms with Gasteiger partial charge < -0.3 is 20.1 Å². The van der Waals surface area contributed by atoms with E-state index in [1.165, 1.54) is 0 Å². The van der Waals surface area contributed by atoms with E-state index in [2.05, 4.69) is 10.6 Å². The predicted octanol–water partition coefficient (Wildman–Crippen LogP) is -0.340. The molecule has 2 aliphatic rings. The molecule has 2 heterocycles. The summed E-state index contributed by atoms with van der Waals surface area (Å²) in [5.74, 6) is -0.0545. The third-order valence-corrected chi connectivity index (χ3v) is 3.21. The molecule has 92 valence electrons. The lowest BCUT2D eigenvalue weighted by atomic mass is 10.00. The summed E-state index contributed by atoms with van der Waals surface area (Å²) in [5.41, 5.74) is -0.371. The van der Waals surface area contributed by atoms with E-state index in [-0.39, 0.29) is 23.7 Å². The summed E-state index contributed by atoms with van der Waals surface area (Å²) in [7, 11) is 0. The Kier molecular flexibility index (Phi) is 3.19. The van der Waals surface area contributed by atoms with E-state index in [1.807, 2.05) is 13.8 Å². The summed E-state index contributed by atoms with van der Waals surface area (Å²) in [6.45, 7) is 7.10. The monoisotopic (exact) mass is 228 g/mol. The van der Waals surface area contributed by atoms with Gasteiger partial charge in [0.05, 0.1) is 17.7 Å². The summed E-state index contributed by atoms with van der Waals surface area (Å²) in [5, 5.41) is 6.10. The van der Waals surface area contributed by atoms with Crippen molar-refractivity contribution in [3.05, 3.63) is 0 Å². The van der Waals surface area contributed by atoms with Crippen molar-refractivity contribution in [1.82, 2.24) is 10.6 Å². The molecule has 2 rings (SSSR count). The molecule has 2 saturated heterocycles. The first-order chi connectivity index (χ1) is 7.52. The number of ether oxygens (including phenoxy) is 2. The first kappa shape index (κ1) is 11.8. The molecular formula is C11H20N2O3. The smallest absolute Gasteiger partial charge is 0.246 e. The first-order valence-electron chi connectivity index (χ1n) is 5.75. The van der Waals surface area contributed by atoms with Crippen LogP contribution in [-0.2, 0) is 14.3 Å². The van der Waals surface area contributed by atoms with Gasteiger partial charge in [0.25, 0.3) is 0 Å². The minimum Gasteiger partial charge on any atom is -0.379 e. The maximum atomic E-state index is 11.7. The minimum atomic E-state index is -0.209. The van der Waals surface area contributed by atoms with Gasteiger partial charge in [-0.1, -0.05) is 0 Å². The fraction of sp³-hybridized carbons (Fsp3) is 0.909. The molecule has 0 bridgehead atoms. The maximum Gasteiger partial charge on any atom is 0.246 e. The van der Waals surface area contributed by atoms with Crippen LogP contribution in [0.2, 0.25) is 0 Å². The van der Waals surface area contributed by atoms with Crippen LogP contribution in [0.3, 0.4) is 0 Å². The van der Waals surface area contributed by atoms with Crippen LogP contribution in [0.25, 0.3) is 0 Å². The van der Waals surface area contributed by atoms with Crippen LogP contribution in [0.5, 0.6) is 0 Å². The topological polar surface area (TPSA) is 59.6 Å². The molecular weight excluding hydrogens is 208 g/mol. The van der Waals surface area contributed by atoms with Crippen LogP contribution in [-0.4, -0.2) is 50.0 Å². The van der Waals surface area contributed by atoms with E-state index in [0.29, 0.717) is 6.61 Å². The molecule has 2 aliphatic heterocycles. The normalized spacial score (nSPS) is 32.1. The number of hydrogen-bond acceptors (Lipinski definition) is 4. The fourth-order valence-electron chi connectivity index (χ4n) is 1.96. The molecule has 0 saturated carbocycles. The van der Waals surface area contributed by atoms with Gasteiger partial charge in [-0.15, -0.1) is 0 Å². The van der Waals surface area contributed by atoms with Crippen molar-refractivity contribution in [3.63, 3.8) is 0 Å². The third-order valence-electron chi connectivity index (χ3n) is 3.21. The van der Waals surface area contributed by atoms with Crippen LogP contribution in [0.1, 0.15) is 20.3 Å². The second-order valence-corrected chi connectivity index (χ2v) is 5.25. The van der Waals surface area contributed by atoms with Crippen LogP contribution >= 0.6 is 0 Å². The number of carbonyl (C=O) groups is 1. The highest BCUT2D eigenvalue weighted by atomic mass is 16.5. The van der Waals surface area contributed by atoms with Gasteiger partial charge in [0.2, 0.25) is 5.91 Å². The summed E-state index contributed by atoms with van der Waals surface area (Å²) in [6.07, 6.45) is 0.873. The third kappa shape index (κ3) is 2.72. The summed E-state index contributed by atoms with van der Waals surface area (Å²) in [4.78, 5) is 11.7. The van der Waals surface area contributed by atoms with Gasteiger partial charge in [-0.3, -0.25) is 4.79 Å². The predicted molar refractivity (Wildman–Crippen MR) is 59.2 cm³/mol. The van der Waals surface area contributed by atoms with E-state index in [0.717, 1.165) is 26.1 Å². The summed E-state index contributed by atoms with van der Waals surface area (Å²) < 4.78 is 10.8. The second-order valence-electron chi connectivity index (χ2n) is 5.25. The first-order valence-corrected chi connectivity index (χ1v) is 5.75. The average molecular weight is 228 g/mol. The molecule has 2 fully saturated rings. The average Bonchev–Trinajstić information content (AvgIpc) is 2.59. The number of hydrogen-bond donors (Lipinski definition) is 2. The zero-order valence-electron chi connectivity index (χ0n) is 9.97. The van der Waals surface area contributed by atoms with E-state index in [9.17, 15) is 4.79 Å². The van der Waals surface area contributed by atoms with Crippen molar-refractivity contribution in [1.29, 1.82) is 0 Å². The molecule has 0 radical (unpaired) electrons. The lowest BCUT2D eigenvalue weighted by Gasteiger charge is -2.39. The Labute approximate surface area is 95.9 Å². The van der Waals surface area contributed by atoms with Gasteiger partial charge in [0.15, 0.2) is 0 Å². The molecule has 1 atom stereocenters. The lowest BCUT2D eigenvalue weighted by molar-refractivity contribution is -0.137. The Balaban J connectivity index is 1.71. The quantitative estimate of drug-likeness (QED) is 0.691. The second kappa shape index (κ2) is 4.31. The molecule has 1 unspecified atom stereocenters. The van der Waals surface area contributed by atoms with Crippen molar-refractivity contribution in [3.8, 4) is 0 Å². The van der Waals surface area contributed by atoms with Gasteiger partial charge in [-0.25, -0.2) is 0 Å². The van der Waals surface area contributed by atoms with Crippen molar-refractivity contribution < 1.29 is 14.3 Å². The number of amides is 1. The number of rotatable bonds is 4. The van der Waals surface area contributed by atoms with Gasteiger partial charge in [-0.2, -0.15) is 0 Å². The van der Waals surface area contributed by atoms with Crippen LogP contribution in [0.4, 0.5) is 0 Å². The molecule has 5 heteroatoms. The molecule has 1 amide bonds. The molecule has 0 aromatic carbocycles. The molecule has 0 aliphatic carbocycles. The van der Waals surface area contributed by atoms with Crippen molar-refractivity contribution in [2.75, 3.05) is 32.9 Å². The highest BCUT2D eigenvalue weighted by molar-refractivity contribution is 5.78. The van der Waals surface area contributed by atoms with Crippen LogP contribution in [0, 0.1) is 0 Å². The van der Waals surface area contributed by atoms with Crippen molar-refractivity contribution >= 4 is 5.91 Å². The Morgan fingerprint density at radius 3 is 2.75 bits per heavy atom. The fourth-order valence-corrected chi connectivity index (χ4v) is 1.96. The number of nitrogens with one attached hydrogen (secondary N) is 2. The van der Waals surface area contributed by atoms with E-state index < -0.39 is 0 Å². The Morgan fingerprint density at radius 2 is 2.25 bits per heavy atom. The largest absolute Gasteiger partial charge is 0.379 e. The Morgan fingerprint density at radius 1 is 1.50 bits per heavy atom. The van der Waals surface area contributed by atoms with Crippen LogP contribution < -0.4 is 10.6 Å². The molecule has 5 nitrogen and oxygen atoms in total. The zero-order chi connectivity index (χ0) is 11.6. The van der Waals surface area contributed by atoms with Gasteiger partial charge in [0.1, 0.15) is 6.61 Å². The molecule has 0 aromatic rings. The Bertz CT molecular complexity index is 270. The van der Waals surface area contributed by atoms with Gasteiger partial charge in [0, 0.05) is 19.7 Å². The molecule has 0 aromatic heterocycles. The SMILES string of the molecule is CC1(NC(=O)COC2(C)CNC2)CCOC1. The Hall–Kier alpha value is -0.650. The summed E-state index contributed by atoms with van der Waals surface area (Å²) >= 11 is 0. The van der Waals surface area contributed by atoms with Gasteiger partial charge in [-0.05, 0) is 20.3 Å². The zero-order valence-corrected chi connectivity index (χ0v) is 9.97. The van der Waals surface area contributed by atoms with E-state index >= 15 is 0 Å². The number of carbonyl (C=O) groups excluding carboxylic acids is 1. The van der Waals surface area contributed by atoms with E-state index in [4.69, 9.17) is 9.47 Å². The van der Waals surface area contributed by atoms with Crippen molar-refractivity contribution in [2.45, 2.75) is 31.4 Å². The molecule has 0 spiro atoms. The highest BCUT2D eigenvalue weighted by Crippen LogP contribution is 2.18. The van der Waals surface area contributed by atoms with E-state index in [1.54, 1.807) is 0 Å². The van der Waals surface area contributed by atoms with Crippen molar-refractivity contribution in [2.24, 2.45) is 0 Å². The molecule has 2 N–H and O–H groups in total. The highest BCUT2D eigenvalue weighted by Gasteiger charge is 2.35. The standard InChI is InChI=1S/C11H20N2O3/c1-10(3-4-15-8-10)13-9(14)5-16-11(2)6-12-7-11/h12H,3-8H2,1-2H3,(H,13,14). The summed E-state index contributed by atoms with van der Waals surface area (Å²) in [6, 6.07) is 0. The maximum absolute atomic E-state index is 11.7. The lowest BCUT2D eigenvalue weighted by Crippen LogP contribution is -2.60.